The number of nitrogens with one attached hydrogen (secondary N) is 1. The number of hydrogen-bond donors (Lipinski definition) is 1. The maximum absolute atomic E-state index is 5.99. The molecule has 3 heteroatoms. The van der Waals surface area contributed by atoms with Gasteiger partial charge in [-0.3, -0.25) is 5.32 Å². The molecule has 0 aliphatic carbocycles. The predicted molar refractivity (Wildman–Crippen MR) is 57.0 cm³/mol. The van der Waals surface area contributed by atoms with Crippen LogP contribution in [-0.4, -0.2) is 30.4 Å². The van der Waals surface area contributed by atoms with E-state index in [0.717, 1.165) is 18.9 Å². The monoisotopic (exact) mass is 201 g/mol. The molecule has 13 heavy (non-hydrogen) atoms. The van der Waals surface area contributed by atoms with Gasteiger partial charge in [0.15, 0.2) is 0 Å². The maximum atomic E-state index is 5.99. The molecule has 2 rings (SSSR count). The zero-order valence-corrected chi connectivity index (χ0v) is 9.38. The average molecular weight is 201 g/mol. The van der Waals surface area contributed by atoms with Gasteiger partial charge in [0, 0.05) is 17.7 Å². The highest BCUT2D eigenvalue weighted by molar-refractivity contribution is 7.99. The molecule has 76 valence electrons. The first-order valence-electron chi connectivity index (χ1n) is 5.09. The third kappa shape index (κ3) is 2.20. The Kier molecular flexibility index (Phi) is 2.60. The van der Waals surface area contributed by atoms with Gasteiger partial charge < -0.3 is 4.74 Å². The summed E-state index contributed by atoms with van der Waals surface area (Å²) in [6.45, 7) is 6.50. The lowest BCUT2D eigenvalue weighted by molar-refractivity contribution is -0.128. The Morgan fingerprint density at radius 3 is 2.77 bits per heavy atom. The normalized spacial score (nSPS) is 39.2. The van der Waals surface area contributed by atoms with Crippen molar-refractivity contribution in [3.05, 3.63) is 0 Å². The van der Waals surface area contributed by atoms with Gasteiger partial charge in [-0.25, -0.2) is 0 Å². The van der Waals surface area contributed by atoms with Crippen LogP contribution in [0.1, 0.15) is 26.7 Å². The van der Waals surface area contributed by atoms with Crippen molar-refractivity contribution in [3.8, 4) is 0 Å². The smallest absolute Gasteiger partial charge is 0.128 e. The van der Waals surface area contributed by atoms with Gasteiger partial charge in [-0.1, -0.05) is 13.8 Å². The summed E-state index contributed by atoms with van der Waals surface area (Å²) in [6.07, 6.45) is 2.48. The quantitative estimate of drug-likeness (QED) is 0.646. The highest BCUT2D eigenvalue weighted by atomic mass is 32.2. The van der Waals surface area contributed by atoms with Crippen molar-refractivity contribution in [3.63, 3.8) is 0 Å². The van der Waals surface area contributed by atoms with Crippen LogP contribution in [-0.2, 0) is 4.74 Å². The Hall–Kier alpha value is 0.270. The van der Waals surface area contributed by atoms with Crippen molar-refractivity contribution in [2.75, 3.05) is 24.7 Å². The van der Waals surface area contributed by atoms with Crippen LogP contribution in [0.25, 0.3) is 0 Å². The Morgan fingerprint density at radius 1 is 1.38 bits per heavy atom. The van der Waals surface area contributed by atoms with Crippen LogP contribution in [0.5, 0.6) is 0 Å². The molecule has 1 spiro atoms. The highest BCUT2D eigenvalue weighted by Gasteiger charge is 2.39. The van der Waals surface area contributed by atoms with E-state index < -0.39 is 0 Å². The molecule has 2 aliphatic heterocycles. The van der Waals surface area contributed by atoms with Crippen LogP contribution in [0.4, 0.5) is 0 Å². The van der Waals surface area contributed by atoms with E-state index in [1.165, 1.54) is 18.6 Å². The van der Waals surface area contributed by atoms with Crippen molar-refractivity contribution in [1.29, 1.82) is 0 Å². The molecular formula is C10H19NOS. The van der Waals surface area contributed by atoms with E-state index >= 15 is 0 Å². The Morgan fingerprint density at radius 2 is 2.23 bits per heavy atom. The van der Waals surface area contributed by atoms with Gasteiger partial charge in [0.1, 0.15) is 5.72 Å². The molecule has 1 unspecified atom stereocenters. The van der Waals surface area contributed by atoms with Crippen LogP contribution in [0.2, 0.25) is 0 Å². The van der Waals surface area contributed by atoms with Crippen LogP contribution in [0, 0.1) is 5.41 Å². The molecule has 2 saturated heterocycles. The second kappa shape index (κ2) is 3.44. The minimum absolute atomic E-state index is 0.0262. The summed E-state index contributed by atoms with van der Waals surface area (Å²) in [5, 5.41) is 3.58. The molecule has 2 heterocycles. The SMILES string of the molecule is CC1(C)CNC2(CCCSC2)OC1. The summed E-state index contributed by atoms with van der Waals surface area (Å²) in [4.78, 5) is 0. The van der Waals surface area contributed by atoms with Gasteiger partial charge in [-0.05, 0) is 18.6 Å². The lowest BCUT2D eigenvalue weighted by atomic mass is 9.91. The summed E-state index contributed by atoms with van der Waals surface area (Å²) in [5.74, 6) is 2.43. The molecule has 0 amide bonds. The number of ether oxygens (including phenoxy) is 1. The summed E-state index contributed by atoms with van der Waals surface area (Å²) in [6, 6.07) is 0. The molecule has 2 fully saturated rings. The molecule has 2 nitrogen and oxygen atoms in total. The minimum Gasteiger partial charge on any atom is -0.359 e. The molecule has 0 aromatic carbocycles. The van der Waals surface area contributed by atoms with E-state index in [4.69, 9.17) is 4.74 Å². The first-order chi connectivity index (χ1) is 6.12. The van der Waals surface area contributed by atoms with E-state index in [-0.39, 0.29) is 5.72 Å². The molecule has 0 bridgehead atoms. The second-order valence-corrected chi connectivity index (χ2v) is 6.06. The second-order valence-electron chi connectivity index (χ2n) is 4.96. The van der Waals surface area contributed by atoms with Crippen LogP contribution in [0.15, 0.2) is 0 Å². The van der Waals surface area contributed by atoms with Gasteiger partial charge in [0.05, 0.1) is 6.61 Å². The molecule has 1 N–H and O–H groups in total. The zero-order valence-electron chi connectivity index (χ0n) is 8.56. The largest absolute Gasteiger partial charge is 0.359 e. The Bertz CT molecular complexity index is 175. The van der Waals surface area contributed by atoms with Crippen molar-refractivity contribution in [2.24, 2.45) is 5.41 Å². The molecule has 0 saturated carbocycles. The fraction of sp³-hybridized carbons (Fsp3) is 1.00. The summed E-state index contributed by atoms with van der Waals surface area (Å²) in [7, 11) is 0. The highest BCUT2D eigenvalue weighted by Crippen LogP contribution is 2.33. The van der Waals surface area contributed by atoms with Crippen LogP contribution in [0.3, 0.4) is 0 Å². The fourth-order valence-electron chi connectivity index (χ4n) is 1.86. The lowest BCUT2D eigenvalue weighted by Crippen LogP contribution is -2.60. The predicted octanol–water partition coefficient (Wildman–Crippen LogP) is 1.86. The molecule has 2 aliphatic rings. The standard InChI is InChI=1S/C10H19NOS/c1-9(2)6-11-10(12-7-9)4-3-5-13-8-10/h11H,3-8H2,1-2H3. The molecule has 0 aromatic rings. The summed E-state index contributed by atoms with van der Waals surface area (Å²) >= 11 is 2.01. The topological polar surface area (TPSA) is 21.3 Å². The average Bonchev–Trinajstić information content (AvgIpc) is 2.13. The first kappa shape index (κ1) is 9.81. The van der Waals surface area contributed by atoms with Crippen molar-refractivity contribution < 1.29 is 4.74 Å². The van der Waals surface area contributed by atoms with Gasteiger partial charge >= 0.3 is 0 Å². The third-order valence-electron chi connectivity index (χ3n) is 2.83. The third-order valence-corrected chi connectivity index (χ3v) is 4.08. The van der Waals surface area contributed by atoms with E-state index in [0.29, 0.717) is 5.41 Å². The summed E-state index contributed by atoms with van der Waals surface area (Å²) < 4.78 is 5.99. The zero-order chi connectivity index (χ0) is 9.36. The first-order valence-corrected chi connectivity index (χ1v) is 6.24. The number of thioether (sulfide) groups is 1. The molecule has 0 aromatic heterocycles. The Labute approximate surface area is 84.8 Å². The van der Waals surface area contributed by atoms with Crippen molar-refractivity contribution in [2.45, 2.75) is 32.4 Å². The van der Waals surface area contributed by atoms with E-state index in [2.05, 4.69) is 19.2 Å². The van der Waals surface area contributed by atoms with E-state index in [1.54, 1.807) is 0 Å². The van der Waals surface area contributed by atoms with E-state index in [9.17, 15) is 0 Å². The maximum Gasteiger partial charge on any atom is 0.128 e. The molecule has 1 atom stereocenters. The molecule has 0 radical (unpaired) electrons. The number of rotatable bonds is 0. The van der Waals surface area contributed by atoms with Crippen LogP contribution >= 0.6 is 11.8 Å². The van der Waals surface area contributed by atoms with Gasteiger partial charge in [-0.2, -0.15) is 11.8 Å². The van der Waals surface area contributed by atoms with Crippen LogP contribution < -0.4 is 5.32 Å². The van der Waals surface area contributed by atoms with Gasteiger partial charge in [0.2, 0.25) is 0 Å². The van der Waals surface area contributed by atoms with Gasteiger partial charge in [-0.15, -0.1) is 0 Å². The molecular weight excluding hydrogens is 182 g/mol. The van der Waals surface area contributed by atoms with Crippen molar-refractivity contribution in [1.82, 2.24) is 5.32 Å². The van der Waals surface area contributed by atoms with E-state index in [1.807, 2.05) is 11.8 Å². The summed E-state index contributed by atoms with van der Waals surface area (Å²) in [5.41, 5.74) is 0.339. The lowest BCUT2D eigenvalue weighted by Gasteiger charge is -2.46. The fourth-order valence-corrected chi connectivity index (χ4v) is 3.01. The van der Waals surface area contributed by atoms with Gasteiger partial charge in [0.25, 0.3) is 0 Å². The number of hydrogen-bond acceptors (Lipinski definition) is 3. The van der Waals surface area contributed by atoms with Crippen molar-refractivity contribution >= 4 is 11.8 Å². The minimum atomic E-state index is 0.0262. The Balaban J connectivity index is 1.95.